The molecule has 0 radical (unpaired) electrons. The zero-order valence-electron chi connectivity index (χ0n) is 16.2. The van der Waals surface area contributed by atoms with Gasteiger partial charge in [0, 0.05) is 12.6 Å². The zero-order chi connectivity index (χ0) is 19.6. The molecule has 0 aliphatic carbocycles. The normalized spacial score (nSPS) is 12.7. The molecule has 27 heavy (non-hydrogen) atoms. The van der Waals surface area contributed by atoms with Gasteiger partial charge in [0.05, 0.1) is 0 Å². The summed E-state index contributed by atoms with van der Waals surface area (Å²) in [5.41, 5.74) is 0.966. The van der Waals surface area contributed by atoms with Crippen molar-refractivity contribution in [1.29, 1.82) is 0 Å². The van der Waals surface area contributed by atoms with Gasteiger partial charge in [0.2, 0.25) is 5.91 Å². The molecule has 2 unspecified atom stereocenters. The second kappa shape index (κ2) is 10.4. The quantitative estimate of drug-likeness (QED) is 0.738. The Bertz CT molecular complexity index is 719. The van der Waals surface area contributed by atoms with Gasteiger partial charge in [-0.15, -0.1) is 0 Å². The van der Waals surface area contributed by atoms with Gasteiger partial charge >= 0.3 is 0 Å². The van der Waals surface area contributed by atoms with Crippen LogP contribution < -0.4 is 10.1 Å². The highest BCUT2D eigenvalue weighted by molar-refractivity contribution is 5.88. The van der Waals surface area contributed by atoms with Gasteiger partial charge in [0.15, 0.2) is 6.61 Å². The molecule has 2 aromatic carbocycles. The molecule has 0 fully saturated rings. The Kier molecular flexibility index (Phi) is 7.86. The molecule has 0 bridgehead atoms. The van der Waals surface area contributed by atoms with Crippen LogP contribution in [-0.2, 0) is 16.1 Å². The molecule has 2 atom stereocenters. The van der Waals surface area contributed by atoms with Gasteiger partial charge in [-0.25, -0.2) is 0 Å². The highest BCUT2D eigenvalue weighted by atomic mass is 16.5. The highest BCUT2D eigenvalue weighted by Gasteiger charge is 2.27. The maximum Gasteiger partial charge on any atom is 0.261 e. The van der Waals surface area contributed by atoms with Crippen LogP contribution in [0.1, 0.15) is 32.8 Å². The predicted molar refractivity (Wildman–Crippen MR) is 106 cm³/mol. The maximum atomic E-state index is 12.8. The molecule has 144 valence electrons. The molecular weight excluding hydrogens is 340 g/mol. The van der Waals surface area contributed by atoms with Crippen molar-refractivity contribution in [3.05, 3.63) is 66.2 Å². The number of nitrogens with zero attached hydrogens (tertiary/aromatic N) is 1. The van der Waals surface area contributed by atoms with Crippen LogP contribution in [0.5, 0.6) is 5.75 Å². The summed E-state index contributed by atoms with van der Waals surface area (Å²) in [6.07, 6.45) is 0.836. The van der Waals surface area contributed by atoms with E-state index in [0.717, 1.165) is 12.0 Å². The van der Waals surface area contributed by atoms with Crippen molar-refractivity contribution >= 4 is 11.8 Å². The fourth-order valence-corrected chi connectivity index (χ4v) is 2.57. The van der Waals surface area contributed by atoms with Gasteiger partial charge in [-0.2, -0.15) is 0 Å². The van der Waals surface area contributed by atoms with E-state index in [2.05, 4.69) is 5.32 Å². The third-order valence-corrected chi connectivity index (χ3v) is 4.47. The summed E-state index contributed by atoms with van der Waals surface area (Å²) in [6.45, 7) is 5.95. The molecule has 0 aliphatic rings. The maximum absolute atomic E-state index is 12.8. The van der Waals surface area contributed by atoms with E-state index in [-0.39, 0.29) is 24.5 Å². The zero-order valence-corrected chi connectivity index (χ0v) is 16.2. The van der Waals surface area contributed by atoms with Crippen LogP contribution in [0.2, 0.25) is 0 Å². The van der Waals surface area contributed by atoms with Gasteiger partial charge in [-0.05, 0) is 38.0 Å². The smallest absolute Gasteiger partial charge is 0.261 e. The molecule has 0 saturated carbocycles. The minimum absolute atomic E-state index is 0.0641. The molecule has 0 saturated heterocycles. The first-order chi connectivity index (χ1) is 13.0. The Morgan fingerprint density at radius 2 is 1.59 bits per heavy atom. The summed E-state index contributed by atoms with van der Waals surface area (Å²) in [5.74, 6) is 0.241. The van der Waals surface area contributed by atoms with Crippen LogP contribution >= 0.6 is 0 Å². The van der Waals surface area contributed by atoms with Crippen molar-refractivity contribution in [3.63, 3.8) is 0 Å². The molecule has 0 spiro atoms. The standard InChI is InChI=1S/C22H28N2O3/c1-4-17(2)23-22(26)18(3)24(15-19-11-7-5-8-12-19)21(25)16-27-20-13-9-6-10-14-20/h5-14,17-18H,4,15-16H2,1-3H3,(H,23,26). The summed E-state index contributed by atoms with van der Waals surface area (Å²) < 4.78 is 5.60. The van der Waals surface area contributed by atoms with Crippen LogP contribution in [0.25, 0.3) is 0 Å². The first kappa shape index (κ1) is 20.5. The SMILES string of the molecule is CCC(C)NC(=O)C(C)N(Cc1ccccc1)C(=O)COc1ccccc1. The Morgan fingerprint density at radius 1 is 1.00 bits per heavy atom. The number of ether oxygens (including phenoxy) is 1. The average molecular weight is 368 g/mol. The summed E-state index contributed by atoms with van der Waals surface area (Å²) in [4.78, 5) is 27.0. The van der Waals surface area contributed by atoms with Crippen molar-refractivity contribution in [2.75, 3.05) is 6.61 Å². The Morgan fingerprint density at radius 3 is 2.19 bits per heavy atom. The second-order valence-electron chi connectivity index (χ2n) is 6.60. The minimum atomic E-state index is -0.592. The average Bonchev–Trinajstić information content (AvgIpc) is 2.71. The van der Waals surface area contributed by atoms with E-state index in [1.165, 1.54) is 0 Å². The number of carbonyl (C=O) groups is 2. The van der Waals surface area contributed by atoms with Gasteiger partial charge < -0.3 is 15.0 Å². The summed E-state index contributed by atoms with van der Waals surface area (Å²) in [6, 6.07) is 18.3. The molecule has 5 nitrogen and oxygen atoms in total. The van der Waals surface area contributed by atoms with E-state index in [1.54, 1.807) is 24.0 Å². The molecule has 2 aromatic rings. The van der Waals surface area contributed by atoms with Crippen molar-refractivity contribution in [1.82, 2.24) is 10.2 Å². The molecular formula is C22H28N2O3. The lowest BCUT2D eigenvalue weighted by atomic mass is 10.1. The molecule has 0 heterocycles. The van der Waals surface area contributed by atoms with E-state index in [0.29, 0.717) is 12.3 Å². The largest absolute Gasteiger partial charge is 0.484 e. The minimum Gasteiger partial charge on any atom is -0.484 e. The molecule has 0 aliphatic heterocycles. The van der Waals surface area contributed by atoms with Crippen molar-refractivity contribution in [2.45, 2.75) is 45.8 Å². The highest BCUT2D eigenvalue weighted by Crippen LogP contribution is 2.12. The Hall–Kier alpha value is -2.82. The number of para-hydroxylation sites is 1. The number of hydrogen-bond donors (Lipinski definition) is 1. The first-order valence-corrected chi connectivity index (χ1v) is 9.32. The van der Waals surface area contributed by atoms with E-state index in [4.69, 9.17) is 4.74 Å². The van der Waals surface area contributed by atoms with Gasteiger partial charge in [0.25, 0.3) is 5.91 Å². The molecule has 0 aromatic heterocycles. The molecule has 1 N–H and O–H groups in total. The van der Waals surface area contributed by atoms with Gasteiger partial charge in [-0.1, -0.05) is 55.5 Å². The molecule has 2 amide bonds. The topological polar surface area (TPSA) is 58.6 Å². The van der Waals surface area contributed by atoms with Crippen molar-refractivity contribution < 1.29 is 14.3 Å². The van der Waals surface area contributed by atoms with Crippen LogP contribution in [0, 0.1) is 0 Å². The van der Waals surface area contributed by atoms with Crippen molar-refractivity contribution in [2.24, 2.45) is 0 Å². The first-order valence-electron chi connectivity index (χ1n) is 9.32. The van der Waals surface area contributed by atoms with Crippen molar-refractivity contribution in [3.8, 4) is 5.75 Å². The summed E-state index contributed by atoms with van der Waals surface area (Å²) in [5, 5.41) is 2.95. The summed E-state index contributed by atoms with van der Waals surface area (Å²) >= 11 is 0. The number of hydrogen-bond acceptors (Lipinski definition) is 3. The van der Waals surface area contributed by atoms with Crippen LogP contribution in [-0.4, -0.2) is 35.4 Å². The van der Waals surface area contributed by atoms with E-state index in [1.807, 2.05) is 62.4 Å². The van der Waals surface area contributed by atoms with E-state index >= 15 is 0 Å². The number of carbonyl (C=O) groups excluding carboxylic acids is 2. The number of benzene rings is 2. The summed E-state index contributed by atoms with van der Waals surface area (Å²) in [7, 11) is 0. The van der Waals surface area contributed by atoms with Crippen LogP contribution in [0.3, 0.4) is 0 Å². The van der Waals surface area contributed by atoms with E-state index < -0.39 is 6.04 Å². The monoisotopic (exact) mass is 368 g/mol. The Balaban J connectivity index is 2.10. The Labute approximate surface area is 161 Å². The third-order valence-electron chi connectivity index (χ3n) is 4.47. The molecule has 5 heteroatoms. The number of rotatable bonds is 9. The predicted octanol–water partition coefficient (Wildman–Crippen LogP) is 3.40. The lowest BCUT2D eigenvalue weighted by Gasteiger charge is -2.29. The van der Waals surface area contributed by atoms with Gasteiger partial charge in [-0.3, -0.25) is 9.59 Å². The lowest BCUT2D eigenvalue weighted by Crippen LogP contribution is -2.50. The van der Waals surface area contributed by atoms with Crippen LogP contribution in [0.4, 0.5) is 0 Å². The second-order valence-corrected chi connectivity index (χ2v) is 6.60. The number of nitrogens with one attached hydrogen (secondary N) is 1. The van der Waals surface area contributed by atoms with Gasteiger partial charge in [0.1, 0.15) is 11.8 Å². The fraction of sp³-hybridized carbons (Fsp3) is 0.364. The molecule has 2 rings (SSSR count). The van der Waals surface area contributed by atoms with E-state index in [9.17, 15) is 9.59 Å². The fourth-order valence-electron chi connectivity index (χ4n) is 2.57. The lowest BCUT2D eigenvalue weighted by molar-refractivity contribution is -0.142. The third kappa shape index (κ3) is 6.44. The van der Waals surface area contributed by atoms with Crippen LogP contribution in [0.15, 0.2) is 60.7 Å². The number of amides is 2.